The van der Waals surface area contributed by atoms with E-state index in [4.69, 9.17) is 5.73 Å². The Morgan fingerprint density at radius 3 is 2.48 bits per heavy atom. The standard InChI is InChI=1S/C13H11F3N4O3/c14-13(15,16)12(22)23-11(21)10-7-9(19-20(10)6-3-17)8-1-4-18-5-2-8/h1-2,4-5,7H,3,6,17H2. The molecule has 0 radical (unpaired) electrons. The van der Waals surface area contributed by atoms with Crippen LogP contribution in [0.5, 0.6) is 0 Å². The molecule has 0 atom stereocenters. The maximum Gasteiger partial charge on any atom is 0.491 e. The molecule has 2 N–H and O–H groups in total. The van der Waals surface area contributed by atoms with Gasteiger partial charge in [0.1, 0.15) is 5.69 Å². The number of nitrogens with two attached hydrogens (primary N) is 1. The lowest BCUT2D eigenvalue weighted by Crippen LogP contribution is -2.29. The van der Waals surface area contributed by atoms with E-state index in [-0.39, 0.29) is 18.8 Å². The zero-order valence-electron chi connectivity index (χ0n) is 11.6. The molecule has 10 heteroatoms. The zero-order valence-corrected chi connectivity index (χ0v) is 11.6. The molecule has 0 bridgehead atoms. The molecule has 0 saturated carbocycles. The molecular weight excluding hydrogens is 317 g/mol. The molecule has 0 amide bonds. The molecule has 0 aliphatic heterocycles. The fourth-order valence-electron chi connectivity index (χ4n) is 1.73. The van der Waals surface area contributed by atoms with Crippen molar-refractivity contribution in [3.05, 3.63) is 36.3 Å². The van der Waals surface area contributed by atoms with E-state index in [1.165, 1.54) is 18.5 Å². The molecule has 0 aliphatic carbocycles. The van der Waals surface area contributed by atoms with Crippen molar-refractivity contribution < 1.29 is 27.5 Å². The summed E-state index contributed by atoms with van der Waals surface area (Å²) in [6.45, 7) is 0.153. The number of hydrogen-bond donors (Lipinski definition) is 1. The number of aromatic nitrogens is 3. The minimum absolute atomic E-state index is 0.0652. The van der Waals surface area contributed by atoms with Crippen LogP contribution in [-0.2, 0) is 16.1 Å². The number of halogens is 3. The van der Waals surface area contributed by atoms with Crippen molar-refractivity contribution in [1.29, 1.82) is 0 Å². The first kappa shape index (κ1) is 16.6. The van der Waals surface area contributed by atoms with Gasteiger partial charge in [-0.05, 0) is 18.2 Å². The highest BCUT2D eigenvalue weighted by molar-refractivity contribution is 5.97. The van der Waals surface area contributed by atoms with Crippen LogP contribution in [0.15, 0.2) is 30.6 Å². The molecule has 2 heterocycles. The molecule has 23 heavy (non-hydrogen) atoms. The topological polar surface area (TPSA) is 100 Å². The highest BCUT2D eigenvalue weighted by atomic mass is 19.4. The summed E-state index contributed by atoms with van der Waals surface area (Å²) in [7, 11) is 0. The first-order chi connectivity index (χ1) is 10.8. The third-order valence-corrected chi connectivity index (χ3v) is 2.72. The van der Waals surface area contributed by atoms with Gasteiger partial charge < -0.3 is 10.5 Å². The Labute approximate surface area is 127 Å². The maximum atomic E-state index is 12.2. The van der Waals surface area contributed by atoms with Crippen molar-refractivity contribution in [2.45, 2.75) is 12.7 Å². The summed E-state index contributed by atoms with van der Waals surface area (Å²) in [5.74, 6) is -4.04. The van der Waals surface area contributed by atoms with Gasteiger partial charge in [0.15, 0.2) is 0 Å². The van der Waals surface area contributed by atoms with E-state index in [0.717, 1.165) is 4.68 Å². The summed E-state index contributed by atoms with van der Waals surface area (Å²) in [6.07, 6.45) is -2.28. The quantitative estimate of drug-likeness (QED) is 0.667. The molecule has 0 fully saturated rings. The van der Waals surface area contributed by atoms with Gasteiger partial charge in [-0.3, -0.25) is 9.67 Å². The second-order valence-corrected chi connectivity index (χ2v) is 4.34. The average Bonchev–Trinajstić information content (AvgIpc) is 2.91. The van der Waals surface area contributed by atoms with Gasteiger partial charge in [0.2, 0.25) is 0 Å². The van der Waals surface area contributed by atoms with Crippen LogP contribution in [0.25, 0.3) is 11.3 Å². The van der Waals surface area contributed by atoms with E-state index in [0.29, 0.717) is 11.3 Å². The number of hydrogen-bond acceptors (Lipinski definition) is 6. The van der Waals surface area contributed by atoms with Crippen LogP contribution in [0, 0.1) is 0 Å². The number of carbonyl (C=O) groups is 2. The monoisotopic (exact) mass is 328 g/mol. The van der Waals surface area contributed by atoms with E-state index in [1.54, 1.807) is 12.1 Å². The van der Waals surface area contributed by atoms with E-state index >= 15 is 0 Å². The molecule has 0 unspecified atom stereocenters. The Morgan fingerprint density at radius 1 is 1.26 bits per heavy atom. The van der Waals surface area contributed by atoms with E-state index < -0.39 is 18.1 Å². The highest BCUT2D eigenvalue weighted by Gasteiger charge is 2.43. The second kappa shape index (κ2) is 6.57. The lowest BCUT2D eigenvalue weighted by Gasteiger charge is -2.07. The SMILES string of the molecule is NCCn1nc(-c2ccncc2)cc1C(=O)OC(=O)C(F)(F)F. The average molecular weight is 328 g/mol. The number of carbonyl (C=O) groups excluding carboxylic acids is 2. The Hall–Kier alpha value is -2.75. The molecule has 0 aromatic carbocycles. The number of pyridine rings is 1. The lowest BCUT2D eigenvalue weighted by molar-refractivity contribution is -0.193. The predicted octanol–water partition coefficient (Wildman–Crippen LogP) is 1.15. The van der Waals surface area contributed by atoms with Crippen molar-refractivity contribution >= 4 is 11.9 Å². The smallest absolute Gasteiger partial charge is 0.381 e. The van der Waals surface area contributed by atoms with E-state index in [2.05, 4.69) is 14.8 Å². The summed E-state index contributed by atoms with van der Waals surface area (Å²) in [6, 6.07) is 4.42. The van der Waals surface area contributed by atoms with Gasteiger partial charge in [-0.15, -0.1) is 0 Å². The molecule has 0 spiro atoms. The predicted molar refractivity (Wildman–Crippen MR) is 71.0 cm³/mol. The van der Waals surface area contributed by atoms with Crippen molar-refractivity contribution in [1.82, 2.24) is 14.8 Å². The molecule has 7 nitrogen and oxygen atoms in total. The summed E-state index contributed by atoms with van der Waals surface area (Å²) in [5, 5.41) is 4.08. The summed E-state index contributed by atoms with van der Waals surface area (Å²) >= 11 is 0. The Balaban J connectivity index is 2.32. The third kappa shape index (κ3) is 3.92. The fraction of sp³-hybridized carbons (Fsp3) is 0.231. The van der Waals surface area contributed by atoms with Gasteiger partial charge in [-0.1, -0.05) is 0 Å². The Morgan fingerprint density at radius 2 is 1.91 bits per heavy atom. The second-order valence-electron chi connectivity index (χ2n) is 4.34. The van der Waals surface area contributed by atoms with Gasteiger partial charge in [0.25, 0.3) is 0 Å². The summed E-state index contributed by atoms with van der Waals surface area (Å²) in [4.78, 5) is 26.4. The largest absolute Gasteiger partial charge is 0.491 e. The zero-order chi connectivity index (χ0) is 17.0. The normalized spacial score (nSPS) is 11.3. The molecule has 122 valence electrons. The van der Waals surface area contributed by atoms with Crippen LogP contribution in [0.3, 0.4) is 0 Å². The molecule has 2 rings (SSSR count). The number of rotatable bonds is 4. The molecule has 0 aliphatic rings. The van der Waals surface area contributed by atoms with E-state index in [1.807, 2.05) is 0 Å². The van der Waals surface area contributed by atoms with Crippen LogP contribution in [-0.4, -0.2) is 39.4 Å². The molecular formula is C13H11F3N4O3. The van der Waals surface area contributed by atoms with Crippen LogP contribution < -0.4 is 5.73 Å². The van der Waals surface area contributed by atoms with Gasteiger partial charge in [0, 0.05) is 24.5 Å². The third-order valence-electron chi connectivity index (χ3n) is 2.72. The summed E-state index contributed by atoms with van der Waals surface area (Å²) in [5.41, 5.74) is 5.97. The molecule has 0 saturated heterocycles. The van der Waals surface area contributed by atoms with Crippen molar-refractivity contribution in [2.75, 3.05) is 6.54 Å². The van der Waals surface area contributed by atoms with E-state index in [9.17, 15) is 22.8 Å². The lowest BCUT2D eigenvalue weighted by atomic mass is 10.2. The number of nitrogens with zero attached hydrogens (tertiary/aromatic N) is 3. The number of esters is 2. The van der Waals surface area contributed by atoms with Crippen molar-refractivity contribution in [3.8, 4) is 11.3 Å². The molecule has 2 aromatic rings. The maximum absolute atomic E-state index is 12.2. The van der Waals surface area contributed by atoms with Gasteiger partial charge >= 0.3 is 18.1 Å². The first-order valence-corrected chi connectivity index (χ1v) is 6.34. The van der Waals surface area contributed by atoms with Crippen LogP contribution in [0.1, 0.15) is 10.5 Å². The van der Waals surface area contributed by atoms with Gasteiger partial charge in [-0.2, -0.15) is 18.3 Å². The summed E-state index contributed by atoms with van der Waals surface area (Å²) < 4.78 is 41.4. The number of alkyl halides is 3. The fourth-order valence-corrected chi connectivity index (χ4v) is 1.73. The minimum atomic E-state index is -5.26. The minimum Gasteiger partial charge on any atom is -0.381 e. The Kier molecular flexibility index (Phi) is 4.74. The Bertz CT molecular complexity index is 713. The first-order valence-electron chi connectivity index (χ1n) is 6.34. The number of ether oxygens (including phenoxy) is 1. The van der Waals surface area contributed by atoms with Crippen LogP contribution in [0.2, 0.25) is 0 Å². The van der Waals surface area contributed by atoms with Crippen LogP contribution in [0.4, 0.5) is 13.2 Å². The van der Waals surface area contributed by atoms with Gasteiger partial charge in [0.05, 0.1) is 12.2 Å². The molecule has 2 aromatic heterocycles. The van der Waals surface area contributed by atoms with Gasteiger partial charge in [-0.25, -0.2) is 9.59 Å². The van der Waals surface area contributed by atoms with Crippen LogP contribution >= 0.6 is 0 Å². The van der Waals surface area contributed by atoms with Crippen molar-refractivity contribution in [3.63, 3.8) is 0 Å². The van der Waals surface area contributed by atoms with Crippen molar-refractivity contribution in [2.24, 2.45) is 5.73 Å². The highest BCUT2D eigenvalue weighted by Crippen LogP contribution is 2.21.